The molecular weight excluding hydrogens is 336 g/mol. The van der Waals surface area contributed by atoms with E-state index in [0.29, 0.717) is 0 Å². The molecule has 23 heavy (non-hydrogen) atoms. The average Bonchev–Trinajstić information content (AvgIpc) is 2.56. The van der Waals surface area contributed by atoms with Crippen LogP contribution in [0.15, 0.2) is 0 Å². The van der Waals surface area contributed by atoms with Gasteiger partial charge in [-0.25, -0.2) is 0 Å². The Kier molecular flexibility index (Phi) is 14.4. The van der Waals surface area contributed by atoms with Crippen LogP contribution in [0.25, 0.3) is 0 Å². The Labute approximate surface area is 152 Å². The van der Waals surface area contributed by atoms with E-state index >= 15 is 0 Å². The molecule has 0 N–H and O–H groups in total. The molecule has 0 amide bonds. The average molecular weight is 379 g/mol. The summed E-state index contributed by atoms with van der Waals surface area (Å²) in [5.74, 6) is 1.30. The van der Waals surface area contributed by atoms with Gasteiger partial charge in [-0.1, -0.05) is 65.6 Å². The van der Waals surface area contributed by atoms with Crippen molar-refractivity contribution in [1.82, 2.24) is 0 Å². The molecule has 0 radical (unpaired) electrons. The maximum absolute atomic E-state index is 6.25. The van der Waals surface area contributed by atoms with Crippen molar-refractivity contribution in [2.75, 3.05) is 19.0 Å². The monoisotopic (exact) mass is 378 g/mol. The van der Waals surface area contributed by atoms with Crippen molar-refractivity contribution in [3.8, 4) is 0 Å². The molecule has 2 nitrogen and oxygen atoms in total. The van der Waals surface area contributed by atoms with Gasteiger partial charge < -0.3 is 8.85 Å². The Hall–Kier alpha value is 0.704. The van der Waals surface area contributed by atoms with Crippen LogP contribution in [0.4, 0.5) is 0 Å². The second-order valence-corrected chi connectivity index (χ2v) is 18.7. The van der Waals surface area contributed by atoms with E-state index in [9.17, 15) is 0 Å². The molecule has 0 aliphatic rings. The molecule has 0 saturated heterocycles. The second-order valence-electron chi connectivity index (χ2n) is 6.73. The topological polar surface area (TPSA) is 18.5 Å². The van der Waals surface area contributed by atoms with Crippen molar-refractivity contribution >= 4 is 27.0 Å². The van der Waals surface area contributed by atoms with E-state index in [1.165, 1.54) is 43.1 Å². The minimum absolute atomic E-state index is 0.885. The van der Waals surface area contributed by atoms with Crippen molar-refractivity contribution in [1.29, 1.82) is 0 Å². The van der Waals surface area contributed by atoms with Crippen molar-refractivity contribution < 1.29 is 8.85 Å². The third-order valence-electron chi connectivity index (χ3n) is 4.93. The minimum atomic E-state index is -1.95. The third kappa shape index (κ3) is 10.3. The first-order valence-electron chi connectivity index (χ1n) is 9.93. The van der Waals surface area contributed by atoms with Gasteiger partial charge in [-0.15, -0.1) is 0 Å². The molecule has 0 aromatic carbocycles. The highest BCUT2D eigenvalue weighted by molar-refractivity contribution is 8.28. The highest BCUT2D eigenvalue weighted by atomic mass is 32.4. The van der Waals surface area contributed by atoms with Gasteiger partial charge >= 0.3 is 8.56 Å². The minimum Gasteiger partial charge on any atom is -0.394 e. The van der Waals surface area contributed by atoms with Crippen LogP contribution in [-0.4, -0.2) is 34.8 Å². The van der Waals surface area contributed by atoms with Gasteiger partial charge in [0.15, 0.2) is 0 Å². The van der Waals surface area contributed by atoms with Crippen LogP contribution < -0.4 is 0 Å². The van der Waals surface area contributed by atoms with E-state index in [1.54, 1.807) is 0 Å². The molecule has 0 aliphatic carbocycles. The standard InChI is InChI=1S/C18H42O2SSi2/c1-7-12-15-19-22(6,20-16-13-8-2)18-14-17-21-23(9-3,10-4)11-5/h7-18H2,1-6H3. The molecule has 0 bridgehead atoms. The Morgan fingerprint density at radius 1 is 0.739 bits per heavy atom. The van der Waals surface area contributed by atoms with Crippen LogP contribution in [0.5, 0.6) is 0 Å². The molecule has 0 rings (SSSR count). The Bertz CT molecular complexity index is 255. The summed E-state index contributed by atoms with van der Waals surface area (Å²) in [5.41, 5.74) is 0. The fourth-order valence-electron chi connectivity index (χ4n) is 2.79. The molecule has 0 fully saturated rings. The van der Waals surface area contributed by atoms with Gasteiger partial charge in [-0.05, 0) is 37.6 Å². The normalized spacial score (nSPS) is 12.8. The Morgan fingerprint density at radius 2 is 1.22 bits per heavy atom. The van der Waals surface area contributed by atoms with Gasteiger partial charge in [-0.3, -0.25) is 0 Å². The lowest BCUT2D eigenvalue weighted by atomic mass is 10.4. The van der Waals surface area contributed by atoms with Crippen LogP contribution in [0.3, 0.4) is 0 Å². The predicted octanol–water partition coefficient (Wildman–Crippen LogP) is 6.82. The number of hydrogen-bond acceptors (Lipinski definition) is 3. The summed E-state index contributed by atoms with van der Waals surface area (Å²) in [6, 6.07) is 5.41. The van der Waals surface area contributed by atoms with Crippen LogP contribution in [0, 0.1) is 0 Å². The molecule has 0 heterocycles. The maximum Gasteiger partial charge on any atom is 0.334 e. The Morgan fingerprint density at radius 3 is 1.61 bits per heavy atom. The van der Waals surface area contributed by atoms with E-state index < -0.39 is 15.8 Å². The van der Waals surface area contributed by atoms with Crippen LogP contribution in [-0.2, 0) is 8.85 Å². The van der Waals surface area contributed by atoms with E-state index in [2.05, 4.69) is 52.4 Å². The molecule has 0 spiro atoms. The zero-order chi connectivity index (χ0) is 17.6. The number of unbranched alkanes of at least 4 members (excludes halogenated alkanes) is 2. The fraction of sp³-hybridized carbons (Fsp3) is 1.00. The van der Waals surface area contributed by atoms with Gasteiger partial charge in [0.25, 0.3) is 0 Å². The number of hydrogen-bond donors (Lipinski definition) is 0. The van der Waals surface area contributed by atoms with E-state index in [4.69, 9.17) is 8.85 Å². The summed E-state index contributed by atoms with van der Waals surface area (Å²) in [5, 5.41) is 0. The van der Waals surface area contributed by atoms with Crippen molar-refractivity contribution in [2.24, 2.45) is 0 Å². The molecule has 140 valence electrons. The summed E-state index contributed by atoms with van der Waals surface area (Å²) in [6.07, 6.45) is 5.98. The molecular formula is C18H42O2SSi2. The largest absolute Gasteiger partial charge is 0.394 e. The van der Waals surface area contributed by atoms with Gasteiger partial charge in [0, 0.05) is 13.2 Å². The van der Waals surface area contributed by atoms with Crippen molar-refractivity contribution in [3.63, 3.8) is 0 Å². The van der Waals surface area contributed by atoms with Gasteiger partial charge in [-0.2, -0.15) is 11.2 Å². The highest BCUT2D eigenvalue weighted by Gasteiger charge is 2.32. The summed E-state index contributed by atoms with van der Waals surface area (Å²) in [6.45, 7) is 15.7. The first kappa shape index (κ1) is 23.7. The van der Waals surface area contributed by atoms with Crippen LogP contribution in [0.2, 0.25) is 30.7 Å². The molecule has 0 saturated carbocycles. The van der Waals surface area contributed by atoms with Crippen LogP contribution in [0.1, 0.15) is 66.7 Å². The zero-order valence-electron chi connectivity index (χ0n) is 16.7. The highest BCUT2D eigenvalue weighted by Crippen LogP contribution is 2.33. The van der Waals surface area contributed by atoms with Crippen molar-refractivity contribution in [2.45, 2.75) is 97.4 Å². The van der Waals surface area contributed by atoms with E-state index in [0.717, 1.165) is 32.1 Å². The molecule has 0 aromatic heterocycles. The van der Waals surface area contributed by atoms with E-state index in [1.807, 2.05) is 0 Å². The number of rotatable bonds is 16. The smallest absolute Gasteiger partial charge is 0.334 e. The molecule has 5 heteroatoms. The van der Waals surface area contributed by atoms with Crippen LogP contribution >= 0.6 is 11.2 Å². The molecule has 0 atom stereocenters. The maximum atomic E-state index is 6.25. The predicted molar refractivity (Wildman–Crippen MR) is 112 cm³/mol. The third-order valence-corrected chi connectivity index (χ3v) is 17.8. The summed E-state index contributed by atoms with van der Waals surface area (Å²) in [7, 11) is -2.97. The second kappa shape index (κ2) is 13.9. The zero-order valence-corrected chi connectivity index (χ0v) is 19.5. The summed E-state index contributed by atoms with van der Waals surface area (Å²) in [4.78, 5) is 0. The Balaban J connectivity index is 4.30. The quantitative estimate of drug-likeness (QED) is 0.217. The van der Waals surface area contributed by atoms with Crippen molar-refractivity contribution in [3.05, 3.63) is 0 Å². The summed E-state index contributed by atoms with van der Waals surface area (Å²) < 4.78 is 12.5. The van der Waals surface area contributed by atoms with Gasteiger partial charge in [0.2, 0.25) is 0 Å². The first-order chi connectivity index (χ1) is 11.0. The van der Waals surface area contributed by atoms with Gasteiger partial charge in [0.05, 0.1) is 0 Å². The van der Waals surface area contributed by atoms with E-state index in [-0.39, 0.29) is 0 Å². The molecule has 0 aliphatic heterocycles. The molecule has 0 unspecified atom stereocenters. The summed E-state index contributed by atoms with van der Waals surface area (Å²) >= 11 is 2.32. The lowest BCUT2D eigenvalue weighted by molar-refractivity contribution is 0.168. The lowest BCUT2D eigenvalue weighted by Crippen LogP contribution is -2.39. The first-order valence-corrected chi connectivity index (χ1v) is 16.8. The lowest BCUT2D eigenvalue weighted by Gasteiger charge is -2.29. The molecule has 0 aromatic rings. The fourth-order valence-corrected chi connectivity index (χ4v) is 11.8. The van der Waals surface area contributed by atoms with Gasteiger partial charge in [0.1, 0.15) is 7.22 Å². The SMILES string of the molecule is CCCCO[Si](C)(CCCS[Si](CC)(CC)CC)OCCCC.